The lowest BCUT2D eigenvalue weighted by Gasteiger charge is -2.19. The predicted molar refractivity (Wildman–Crippen MR) is 124 cm³/mol. The summed E-state index contributed by atoms with van der Waals surface area (Å²) in [6, 6.07) is 14.8. The average Bonchev–Trinajstić information content (AvgIpc) is 3.51. The summed E-state index contributed by atoms with van der Waals surface area (Å²) < 4.78 is 3.94. The van der Waals surface area contributed by atoms with Gasteiger partial charge in [0.05, 0.1) is 29.4 Å². The smallest absolute Gasteiger partial charge is 0.273 e. The minimum Gasteiger partial charge on any atom is -0.328 e. The van der Waals surface area contributed by atoms with Crippen LogP contribution in [0.2, 0.25) is 0 Å². The third-order valence-electron chi connectivity index (χ3n) is 6.33. The van der Waals surface area contributed by atoms with Crippen LogP contribution in [0.25, 0.3) is 11.5 Å². The van der Waals surface area contributed by atoms with Gasteiger partial charge in [-0.25, -0.2) is 4.68 Å². The molecule has 1 aliphatic heterocycles. The van der Waals surface area contributed by atoms with Gasteiger partial charge in [0.25, 0.3) is 11.6 Å². The summed E-state index contributed by atoms with van der Waals surface area (Å²) in [7, 11) is 0. The standard InChI is InChI=1S/C25H23N5O3/c1-16-9-10-19(13-17(16)2)29-24(27-11-4-5-12-27)21-14-28(15-22(21)26-29)25(31)20-7-6-8-23(18(20)3)30(32)33/h4-13H,14-15H2,1-3H3. The highest BCUT2D eigenvalue weighted by atomic mass is 16.6. The lowest BCUT2D eigenvalue weighted by atomic mass is 10.1. The van der Waals surface area contributed by atoms with E-state index in [0.717, 1.165) is 22.8 Å². The molecular weight excluding hydrogens is 418 g/mol. The van der Waals surface area contributed by atoms with Crippen molar-refractivity contribution in [2.24, 2.45) is 0 Å². The summed E-state index contributed by atoms with van der Waals surface area (Å²) in [4.78, 5) is 25.9. The Hall–Kier alpha value is -4.20. The normalized spacial score (nSPS) is 12.8. The molecule has 0 unspecified atom stereocenters. The summed E-state index contributed by atoms with van der Waals surface area (Å²) in [6.07, 6.45) is 3.92. The lowest BCUT2D eigenvalue weighted by Crippen LogP contribution is -2.27. The zero-order valence-electron chi connectivity index (χ0n) is 18.6. The molecule has 2 aromatic heterocycles. The second-order valence-electron chi connectivity index (χ2n) is 8.39. The SMILES string of the molecule is Cc1ccc(-n2nc3c(c2-n2cccc2)CN(C(=O)c2cccc([N+](=O)[O-])c2C)C3)cc1C. The number of benzene rings is 2. The van der Waals surface area contributed by atoms with Gasteiger partial charge in [-0.05, 0) is 62.2 Å². The van der Waals surface area contributed by atoms with Crippen LogP contribution in [0.4, 0.5) is 5.69 Å². The molecule has 0 bridgehead atoms. The zero-order chi connectivity index (χ0) is 23.3. The van der Waals surface area contributed by atoms with E-state index in [9.17, 15) is 14.9 Å². The van der Waals surface area contributed by atoms with E-state index in [1.807, 2.05) is 39.8 Å². The van der Waals surface area contributed by atoms with Gasteiger partial charge in [-0.3, -0.25) is 14.9 Å². The molecule has 1 amide bonds. The molecule has 0 atom stereocenters. The van der Waals surface area contributed by atoms with Gasteiger partial charge < -0.3 is 9.47 Å². The third-order valence-corrected chi connectivity index (χ3v) is 6.33. The Morgan fingerprint density at radius 1 is 1.00 bits per heavy atom. The van der Waals surface area contributed by atoms with Crippen molar-refractivity contribution in [3.8, 4) is 11.5 Å². The Bertz CT molecular complexity index is 1400. The molecule has 0 spiro atoms. The molecule has 0 saturated carbocycles. The fraction of sp³-hybridized carbons (Fsp3) is 0.200. The largest absolute Gasteiger partial charge is 0.328 e. The van der Waals surface area contributed by atoms with Gasteiger partial charge >= 0.3 is 0 Å². The van der Waals surface area contributed by atoms with Gasteiger partial charge in [-0.2, -0.15) is 5.10 Å². The Balaban J connectivity index is 1.54. The molecule has 0 N–H and O–H groups in total. The number of rotatable bonds is 4. The predicted octanol–water partition coefficient (Wildman–Crippen LogP) is 4.65. The van der Waals surface area contributed by atoms with Gasteiger partial charge in [0.15, 0.2) is 0 Å². The van der Waals surface area contributed by atoms with Crippen LogP contribution < -0.4 is 0 Å². The number of nitro groups is 1. The fourth-order valence-corrected chi connectivity index (χ4v) is 4.35. The molecule has 0 aliphatic carbocycles. The molecule has 1 aliphatic rings. The summed E-state index contributed by atoms with van der Waals surface area (Å²) in [5, 5.41) is 16.2. The minimum absolute atomic E-state index is 0.0502. The van der Waals surface area contributed by atoms with Gasteiger partial charge in [0.2, 0.25) is 0 Å². The van der Waals surface area contributed by atoms with E-state index in [2.05, 4.69) is 26.0 Å². The first kappa shape index (κ1) is 20.7. The number of carbonyl (C=O) groups is 1. The first-order valence-corrected chi connectivity index (χ1v) is 10.7. The second kappa shape index (κ2) is 7.74. The van der Waals surface area contributed by atoms with Gasteiger partial charge in [-0.15, -0.1) is 0 Å². The number of aryl methyl sites for hydroxylation is 2. The van der Waals surface area contributed by atoms with Crippen molar-refractivity contribution in [3.63, 3.8) is 0 Å². The molecule has 0 fully saturated rings. The molecular formula is C25H23N5O3. The van der Waals surface area contributed by atoms with Crippen molar-refractivity contribution < 1.29 is 9.72 Å². The maximum atomic E-state index is 13.3. The maximum absolute atomic E-state index is 13.3. The number of fused-ring (bicyclic) bond motifs is 1. The van der Waals surface area contributed by atoms with Crippen LogP contribution in [-0.2, 0) is 13.1 Å². The minimum atomic E-state index is -0.455. The number of hydrogen-bond donors (Lipinski definition) is 0. The summed E-state index contributed by atoms with van der Waals surface area (Å²) in [5.41, 5.74) is 5.83. The Morgan fingerprint density at radius 2 is 1.76 bits per heavy atom. The first-order valence-electron chi connectivity index (χ1n) is 10.7. The quantitative estimate of drug-likeness (QED) is 0.341. The van der Waals surface area contributed by atoms with Crippen LogP contribution >= 0.6 is 0 Å². The van der Waals surface area contributed by atoms with E-state index in [1.54, 1.807) is 24.0 Å². The Labute approximate surface area is 190 Å². The highest BCUT2D eigenvalue weighted by Crippen LogP contribution is 2.33. The molecule has 166 valence electrons. The molecule has 0 radical (unpaired) electrons. The average molecular weight is 441 g/mol. The van der Waals surface area contributed by atoms with E-state index in [4.69, 9.17) is 5.10 Å². The van der Waals surface area contributed by atoms with Crippen LogP contribution in [0.3, 0.4) is 0 Å². The van der Waals surface area contributed by atoms with Crippen LogP contribution in [0.5, 0.6) is 0 Å². The Kier molecular flexibility index (Phi) is 4.85. The van der Waals surface area contributed by atoms with Crippen molar-refractivity contribution in [2.75, 3.05) is 0 Å². The highest BCUT2D eigenvalue weighted by molar-refractivity contribution is 5.97. The maximum Gasteiger partial charge on any atom is 0.273 e. The molecule has 4 aromatic rings. The third kappa shape index (κ3) is 3.40. The second-order valence-corrected chi connectivity index (χ2v) is 8.39. The zero-order valence-corrected chi connectivity index (χ0v) is 18.6. The molecule has 33 heavy (non-hydrogen) atoms. The van der Waals surface area contributed by atoms with E-state index in [0.29, 0.717) is 24.2 Å². The van der Waals surface area contributed by atoms with E-state index in [-0.39, 0.29) is 11.6 Å². The van der Waals surface area contributed by atoms with E-state index >= 15 is 0 Å². The van der Waals surface area contributed by atoms with Crippen molar-refractivity contribution in [2.45, 2.75) is 33.9 Å². The monoisotopic (exact) mass is 441 g/mol. The number of hydrogen-bond acceptors (Lipinski definition) is 4. The molecule has 2 aromatic carbocycles. The number of aromatic nitrogens is 3. The summed E-state index contributed by atoms with van der Waals surface area (Å²) in [6.45, 7) is 6.50. The van der Waals surface area contributed by atoms with E-state index < -0.39 is 4.92 Å². The summed E-state index contributed by atoms with van der Waals surface area (Å²) >= 11 is 0. The van der Waals surface area contributed by atoms with Gasteiger partial charge in [0.1, 0.15) is 5.82 Å². The lowest BCUT2D eigenvalue weighted by molar-refractivity contribution is -0.385. The molecule has 8 heteroatoms. The van der Waals surface area contributed by atoms with Crippen molar-refractivity contribution in [3.05, 3.63) is 105 Å². The number of nitrogens with zero attached hydrogens (tertiary/aromatic N) is 5. The number of amides is 1. The molecule has 5 rings (SSSR count). The fourth-order valence-electron chi connectivity index (χ4n) is 4.35. The topological polar surface area (TPSA) is 86.2 Å². The number of nitro benzene ring substituents is 1. The van der Waals surface area contributed by atoms with Gasteiger partial charge in [-0.1, -0.05) is 12.1 Å². The molecule has 8 nitrogen and oxygen atoms in total. The molecule has 0 saturated heterocycles. The molecule has 3 heterocycles. The highest BCUT2D eigenvalue weighted by Gasteiger charge is 2.33. The van der Waals surface area contributed by atoms with Crippen LogP contribution in [-0.4, -0.2) is 30.1 Å². The first-order chi connectivity index (χ1) is 15.8. The van der Waals surface area contributed by atoms with Crippen molar-refractivity contribution in [1.82, 2.24) is 19.2 Å². The van der Waals surface area contributed by atoms with Crippen LogP contribution in [0.15, 0.2) is 60.9 Å². The Morgan fingerprint density at radius 3 is 2.45 bits per heavy atom. The summed E-state index contributed by atoms with van der Waals surface area (Å²) in [5.74, 6) is 0.662. The van der Waals surface area contributed by atoms with Crippen molar-refractivity contribution >= 4 is 11.6 Å². The van der Waals surface area contributed by atoms with Crippen LogP contribution in [0.1, 0.15) is 38.3 Å². The van der Waals surface area contributed by atoms with Crippen molar-refractivity contribution in [1.29, 1.82) is 0 Å². The van der Waals surface area contributed by atoms with Crippen LogP contribution in [0, 0.1) is 30.9 Å². The van der Waals surface area contributed by atoms with Gasteiger partial charge in [0, 0.05) is 35.2 Å². The number of carbonyl (C=O) groups excluding carboxylic acids is 1. The van der Waals surface area contributed by atoms with E-state index in [1.165, 1.54) is 17.2 Å².